The second-order valence-corrected chi connectivity index (χ2v) is 29.5. The number of thiophene rings is 2. The van der Waals surface area contributed by atoms with E-state index in [-0.39, 0.29) is 0 Å². The van der Waals surface area contributed by atoms with Gasteiger partial charge in [0.15, 0.2) is 0 Å². The summed E-state index contributed by atoms with van der Waals surface area (Å²) in [5.41, 5.74) is 31.6. The summed E-state index contributed by atoms with van der Waals surface area (Å²) in [6, 6.07) is 133. The minimum Gasteiger partial charge on any atom is -0.310 e. The molecule has 0 saturated carbocycles. The number of nitrogens with zero attached hydrogens (tertiary/aromatic N) is 2. The SMILES string of the molecule is c1ccc(-c2ccc(N(c3ccc4c(c3)C3(c5ccccc5-c5ccccc53)c3ccccc3-4)c3ccc4sc5cc6cc7sc8ccc(N(c9ccc(-c%10ccccc%10)cc9)c9ccc%10c(c9)C9(c%11ccccc%11-c%11ccccc%119)c9ccccc9-%10)cc8c7cc6cc5c4c3)cc2)cc1. The van der Waals surface area contributed by atoms with Crippen LogP contribution in [0.25, 0.3) is 118 Å². The Kier molecular flexibility index (Phi) is 11.8. The zero-order valence-corrected chi connectivity index (χ0v) is 55.8. The van der Waals surface area contributed by atoms with Gasteiger partial charge in [-0.3, -0.25) is 0 Å². The van der Waals surface area contributed by atoms with Gasteiger partial charge in [0.2, 0.25) is 0 Å². The van der Waals surface area contributed by atoms with E-state index in [2.05, 4.69) is 362 Å². The van der Waals surface area contributed by atoms with E-state index < -0.39 is 10.8 Å². The second kappa shape index (κ2) is 21.2. The number of fused-ring (bicyclic) bond motifs is 27. The summed E-state index contributed by atoms with van der Waals surface area (Å²) in [5, 5.41) is 7.53. The van der Waals surface area contributed by atoms with Crippen molar-refractivity contribution in [1.29, 1.82) is 0 Å². The highest BCUT2D eigenvalue weighted by Gasteiger charge is 2.53. The first-order valence-electron chi connectivity index (χ1n) is 34.6. The normalized spacial score (nSPS) is 13.6. The zero-order valence-electron chi connectivity index (χ0n) is 54.2. The standard InChI is InChI=1S/C96H58N2S2/c1-3-19-59(20-4-1)61-35-39-65(40-36-61)97(69-43-47-77-75-27-11-17-33-87(75)95(89(77)57-69)83-29-13-7-23-71(83)72-24-8-14-30-84(72)95)67-45-49-91-81(55-67)79-51-63-52-80-82-56-68(46-50-92(82)100-94(80)54-64(63)53-93(79)99-91)98(66-41-37-62(38-42-66)60-21-5-2-6-22-60)70-44-48-78-76-28-12-18-34-88(76)96(90(78)58-70)85-31-15-9-25-73(85)74-26-10-16-32-86(74)96/h1-58H. The van der Waals surface area contributed by atoms with Crippen LogP contribution in [0.2, 0.25) is 0 Å². The Hall–Kier alpha value is -12.2. The number of anilines is 6. The number of rotatable bonds is 8. The first kappa shape index (κ1) is 55.9. The van der Waals surface area contributed by atoms with E-state index in [1.807, 2.05) is 22.7 Å². The highest BCUT2D eigenvalue weighted by Crippen LogP contribution is 2.66. The lowest BCUT2D eigenvalue weighted by atomic mass is 9.70. The van der Waals surface area contributed by atoms with Crippen molar-refractivity contribution in [1.82, 2.24) is 0 Å². The van der Waals surface area contributed by atoms with Crippen LogP contribution < -0.4 is 9.80 Å². The van der Waals surface area contributed by atoms with Crippen molar-refractivity contribution in [2.75, 3.05) is 9.80 Å². The Morgan fingerprint density at radius 1 is 0.180 bits per heavy atom. The summed E-state index contributed by atoms with van der Waals surface area (Å²) in [7, 11) is 0. The van der Waals surface area contributed by atoms with Gasteiger partial charge in [0.1, 0.15) is 0 Å². The maximum atomic E-state index is 2.51. The predicted molar refractivity (Wildman–Crippen MR) is 423 cm³/mol. The fourth-order valence-corrected chi connectivity index (χ4v) is 20.5. The molecule has 464 valence electrons. The lowest BCUT2D eigenvalue weighted by molar-refractivity contribution is 0.793. The van der Waals surface area contributed by atoms with E-state index in [9.17, 15) is 0 Å². The molecule has 2 heterocycles. The minimum absolute atomic E-state index is 0.474. The van der Waals surface area contributed by atoms with Gasteiger partial charge in [-0.1, -0.05) is 243 Å². The van der Waals surface area contributed by atoms with Crippen molar-refractivity contribution >= 4 is 108 Å². The van der Waals surface area contributed by atoms with Crippen molar-refractivity contribution in [2.45, 2.75) is 10.8 Å². The van der Waals surface area contributed by atoms with E-state index >= 15 is 0 Å². The molecule has 0 radical (unpaired) electrons. The molecule has 0 fully saturated rings. The van der Waals surface area contributed by atoms with Gasteiger partial charge in [-0.15, -0.1) is 22.7 Å². The summed E-state index contributed by atoms with van der Waals surface area (Å²) in [6.07, 6.45) is 0. The summed E-state index contributed by atoms with van der Waals surface area (Å²) in [4.78, 5) is 4.99. The molecule has 2 spiro atoms. The lowest BCUT2D eigenvalue weighted by Crippen LogP contribution is -2.26. The molecule has 0 aliphatic heterocycles. The Labute approximate surface area is 587 Å². The van der Waals surface area contributed by atoms with E-state index in [1.165, 1.54) is 162 Å². The van der Waals surface area contributed by atoms with Gasteiger partial charge in [-0.05, 0) is 231 Å². The highest BCUT2D eigenvalue weighted by atomic mass is 32.1. The van der Waals surface area contributed by atoms with Crippen LogP contribution in [0.3, 0.4) is 0 Å². The molecule has 100 heavy (non-hydrogen) atoms. The average Bonchev–Trinajstić information content (AvgIpc) is 1.52. The molecule has 2 aromatic heterocycles. The van der Waals surface area contributed by atoms with Crippen molar-refractivity contribution in [2.24, 2.45) is 0 Å². The molecule has 0 unspecified atom stereocenters. The van der Waals surface area contributed by atoms with Crippen LogP contribution >= 0.6 is 22.7 Å². The van der Waals surface area contributed by atoms with Crippen LogP contribution in [0.15, 0.2) is 352 Å². The van der Waals surface area contributed by atoms with Gasteiger partial charge in [0.25, 0.3) is 0 Å². The van der Waals surface area contributed by atoms with E-state index in [1.54, 1.807) is 0 Å². The van der Waals surface area contributed by atoms with Crippen LogP contribution in [0, 0.1) is 0 Å². The molecular weight excluding hydrogens is 1250 g/mol. The van der Waals surface area contributed by atoms with E-state index in [4.69, 9.17) is 0 Å². The minimum atomic E-state index is -0.474. The fourth-order valence-electron chi connectivity index (χ4n) is 18.3. The molecule has 2 nitrogen and oxygen atoms in total. The predicted octanol–water partition coefficient (Wildman–Crippen LogP) is 26.5. The molecule has 0 saturated heterocycles. The van der Waals surface area contributed by atoms with Crippen LogP contribution in [-0.2, 0) is 10.8 Å². The molecular formula is C96H58N2S2. The quantitative estimate of drug-likeness (QED) is 0.150. The lowest BCUT2D eigenvalue weighted by Gasteiger charge is -2.32. The van der Waals surface area contributed by atoms with Gasteiger partial charge in [-0.25, -0.2) is 0 Å². The topological polar surface area (TPSA) is 6.48 Å². The third-order valence-electron chi connectivity index (χ3n) is 22.4. The van der Waals surface area contributed by atoms with Gasteiger partial charge in [-0.2, -0.15) is 0 Å². The molecule has 16 aromatic carbocycles. The second-order valence-electron chi connectivity index (χ2n) is 27.3. The largest absolute Gasteiger partial charge is 0.310 e. The Balaban J connectivity index is 0.698. The fraction of sp³-hybridized carbons (Fsp3) is 0.0208. The molecule has 0 N–H and O–H groups in total. The Bertz CT molecular complexity index is 5960. The molecule has 4 heteroatoms. The molecule has 4 aliphatic carbocycles. The summed E-state index contributed by atoms with van der Waals surface area (Å²) in [6.45, 7) is 0. The average molecular weight is 1300 g/mol. The van der Waals surface area contributed by atoms with Crippen LogP contribution in [-0.4, -0.2) is 0 Å². The number of hydrogen-bond acceptors (Lipinski definition) is 4. The Morgan fingerprint density at radius 2 is 0.440 bits per heavy atom. The molecule has 18 aromatic rings. The van der Waals surface area contributed by atoms with Gasteiger partial charge in [0.05, 0.1) is 10.8 Å². The summed E-state index contributed by atoms with van der Waals surface area (Å²) >= 11 is 3.78. The third-order valence-corrected chi connectivity index (χ3v) is 24.7. The summed E-state index contributed by atoms with van der Waals surface area (Å²) < 4.78 is 5.12. The Morgan fingerprint density at radius 3 is 0.790 bits per heavy atom. The molecule has 0 atom stereocenters. The maximum Gasteiger partial charge on any atom is 0.0726 e. The van der Waals surface area contributed by atoms with Crippen molar-refractivity contribution in [3.8, 4) is 66.8 Å². The van der Waals surface area contributed by atoms with E-state index in [0.717, 1.165) is 34.1 Å². The van der Waals surface area contributed by atoms with Crippen LogP contribution in [0.1, 0.15) is 44.5 Å². The van der Waals surface area contributed by atoms with E-state index in [0.29, 0.717) is 0 Å². The monoisotopic (exact) mass is 1300 g/mol. The smallest absolute Gasteiger partial charge is 0.0726 e. The third kappa shape index (κ3) is 7.77. The number of benzene rings is 16. The first-order chi connectivity index (χ1) is 49.5. The molecule has 0 amide bonds. The van der Waals surface area contributed by atoms with Crippen molar-refractivity contribution in [3.63, 3.8) is 0 Å². The molecule has 22 rings (SSSR count). The maximum absolute atomic E-state index is 2.51. The van der Waals surface area contributed by atoms with Crippen molar-refractivity contribution < 1.29 is 0 Å². The molecule has 0 bridgehead atoms. The summed E-state index contributed by atoms with van der Waals surface area (Å²) in [5.74, 6) is 0. The molecule has 4 aliphatic rings. The number of hydrogen-bond donors (Lipinski definition) is 0. The van der Waals surface area contributed by atoms with Gasteiger partial charge in [0, 0.05) is 74.5 Å². The van der Waals surface area contributed by atoms with Gasteiger partial charge >= 0.3 is 0 Å². The zero-order chi connectivity index (χ0) is 65.4. The van der Waals surface area contributed by atoms with Crippen molar-refractivity contribution in [3.05, 3.63) is 396 Å². The van der Waals surface area contributed by atoms with Gasteiger partial charge < -0.3 is 9.80 Å². The highest BCUT2D eigenvalue weighted by molar-refractivity contribution is 7.26. The first-order valence-corrected chi connectivity index (χ1v) is 36.2. The van der Waals surface area contributed by atoms with Crippen LogP contribution in [0.5, 0.6) is 0 Å². The van der Waals surface area contributed by atoms with Crippen LogP contribution in [0.4, 0.5) is 34.1 Å².